The minimum Gasteiger partial charge on any atom is -0.392 e. The highest BCUT2D eigenvalue weighted by molar-refractivity contribution is 5.15. The van der Waals surface area contributed by atoms with Gasteiger partial charge in [-0.2, -0.15) is 0 Å². The van der Waals surface area contributed by atoms with Crippen molar-refractivity contribution in [2.24, 2.45) is 11.8 Å². The molecule has 3 fully saturated rings. The normalized spacial score (nSPS) is 35.1. The van der Waals surface area contributed by atoms with Gasteiger partial charge in [0, 0.05) is 50.6 Å². The molecule has 2 heterocycles. The van der Waals surface area contributed by atoms with E-state index >= 15 is 0 Å². The Morgan fingerprint density at radius 3 is 2.20 bits per heavy atom. The summed E-state index contributed by atoms with van der Waals surface area (Å²) in [6.45, 7) is 5.34. The number of likely N-dealkylation sites (tertiary alicyclic amines) is 2. The zero-order valence-corrected chi connectivity index (χ0v) is 12.0. The second-order valence-corrected chi connectivity index (χ2v) is 6.88. The Kier molecular flexibility index (Phi) is 3.29. The number of piperidine rings is 2. The van der Waals surface area contributed by atoms with Crippen LogP contribution >= 0.6 is 0 Å². The largest absolute Gasteiger partial charge is 0.392 e. The fourth-order valence-corrected chi connectivity index (χ4v) is 4.06. The first-order valence-corrected chi connectivity index (χ1v) is 7.98. The molecular formula is C17H24N2O. The van der Waals surface area contributed by atoms with Gasteiger partial charge in [-0.15, -0.1) is 0 Å². The Balaban J connectivity index is 1.43. The summed E-state index contributed by atoms with van der Waals surface area (Å²) in [7, 11) is 0. The van der Waals surface area contributed by atoms with E-state index in [4.69, 9.17) is 0 Å². The monoisotopic (exact) mass is 272 g/mol. The molecule has 2 saturated heterocycles. The molecule has 0 aromatic heterocycles. The van der Waals surface area contributed by atoms with E-state index in [-0.39, 0.29) is 6.10 Å². The van der Waals surface area contributed by atoms with Crippen LogP contribution in [0.1, 0.15) is 18.4 Å². The fraction of sp³-hybridized carbons (Fsp3) is 0.647. The smallest absolute Gasteiger partial charge is 0.0645 e. The summed E-state index contributed by atoms with van der Waals surface area (Å²) >= 11 is 0. The molecule has 3 heteroatoms. The van der Waals surface area contributed by atoms with Crippen LogP contribution in [0.4, 0.5) is 0 Å². The lowest BCUT2D eigenvalue weighted by molar-refractivity contribution is -0.0819. The minimum absolute atomic E-state index is 0.0722. The quantitative estimate of drug-likeness (QED) is 0.905. The second kappa shape index (κ2) is 5.14. The van der Waals surface area contributed by atoms with Gasteiger partial charge in [0.1, 0.15) is 0 Å². The van der Waals surface area contributed by atoms with Gasteiger partial charge in [0.15, 0.2) is 0 Å². The third kappa shape index (κ3) is 2.50. The van der Waals surface area contributed by atoms with Gasteiger partial charge in [-0.1, -0.05) is 30.3 Å². The molecule has 1 aliphatic carbocycles. The zero-order chi connectivity index (χ0) is 13.5. The van der Waals surface area contributed by atoms with Crippen molar-refractivity contribution in [3.05, 3.63) is 35.9 Å². The van der Waals surface area contributed by atoms with Gasteiger partial charge in [-0.25, -0.2) is 0 Å². The average Bonchev–Trinajstić information content (AvgIpc) is 3.25. The van der Waals surface area contributed by atoms with Gasteiger partial charge in [0.05, 0.1) is 6.10 Å². The standard InChI is InChI=1S/C17H24N2O/c20-17-14-9-18(8-13-4-2-1-3-5-13)10-15(17)12-19(11-14)16-6-7-16/h1-5,14-17,20H,6-12H2. The van der Waals surface area contributed by atoms with Crippen LogP contribution < -0.4 is 0 Å². The van der Waals surface area contributed by atoms with E-state index in [1.807, 2.05) is 0 Å². The molecule has 3 aliphatic rings. The van der Waals surface area contributed by atoms with Crippen molar-refractivity contribution < 1.29 is 5.11 Å². The van der Waals surface area contributed by atoms with Crippen molar-refractivity contribution in [1.82, 2.24) is 9.80 Å². The third-order valence-corrected chi connectivity index (χ3v) is 5.20. The van der Waals surface area contributed by atoms with E-state index in [1.165, 1.54) is 18.4 Å². The number of hydrogen-bond acceptors (Lipinski definition) is 3. The highest BCUT2D eigenvalue weighted by Crippen LogP contribution is 2.36. The number of benzene rings is 1. The molecule has 2 atom stereocenters. The van der Waals surface area contributed by atoms with Crippen molar-refractivity contribution in [3.8, 4) is 0 Å². The number of fused-ring (bicyclic) bond motifs is 2. The van der Waals surface area contributed by atoms with Gasteiger partial charge in [-0.05, 0) is 18.4 Å². The summed E-state index contributed by atoms with van der Waals surface area (Å²) in [6.07, 6.45) is 2.68. The first-order valence-electron chi connectivity index (χ1n) is 7.98. The molecule has 4 rings (SSSR count). The topological polar surface area (TPSA) is 26.7 Å². The number of nitrogens with zero attached hydrogens (tertiary/aromatic N) is 2. The lowest BCUT2D eigenvalue weighted by Crippen LogP contribution is -2.60. The van der Waals surface area contributed by atoms with E-state index < -0.39 is 0 Å². The van der Waals surface area contributed by atoms with Gasteiger partial charge in [-0.3, -0.25) is 9.80 Å². The predicted octanol–water partition coefficient (Wildman–Crippen LogP) is 1.57. The van der Waals surface area contributed by atoms with Crippen LogP contribution in [0.15, 0.2) is 30.3 Å². The lowest BCUT2D eigenvalue weighted by Gasteiger charge is -2.49. The van der Waals surface area contributed by atoms with Crippen molar-refractivity contribution in [2.45, 2.75) is 31.5 Å². The summed E-state index contributed by atoms with van der Waals surface area (Å²) in [5, 5.41) is 10.4. The zero-order valence-electron chi connectivity index (χ0n) is 12.0. The van der Waals surface area contributed by atoms with Gasteiger partial charge in [0.2, 0.25) is 0 Å². The Morgan fingerprint density at radius 1 is 0.950 bits per heavy atom. The van der Waals surface area contributed by atoms with Crippen molar-refractivity contribution in [3.63, 3.8) is 0 Å². The van der Waals surface area contributed by atoms with E-state index in [0.29, 0.717) is 11.8 Å². The van der Waals surface area contributed by atoms with Gasteiger partial charge >= 0.3 is 0 Å². The molecule has 20 heavy (non-hydrogen) atoms. The Labute approximate surface area is 121 Å². The van der Waals surface area contributed by atoms with Crippen molar-refractivity contribution in [1.29, 1.82) is 0 Å². The Bertz CT molecular complexity index is 443. The van der Waals surface area contributed by atoms with Crippen LogP contribution in [0.3, 0.4) is 0 Å². The van der Waals surface area contributed by atoms with E-state index in [9.17, 15) is 5.11 Å². The van der Waals surface area contributed by atoms with Crippen molar-refractivity contribution >= 4 is 0 Å². The number of aliphatic hydroxyl groups excluding tert-OH is 1. The van der Waals surface area contributed by atoms with E-state index in [2.05, 4.69) is 40.1 Å². The summed E-state index contributed by atoms with van der Waals surface area (Å²) in [5.74, 6) is 0.902. The van der Waals surface area contributed by atoms with Gasteiger partial charge < -0.3 is 5.11 Å². The molecule has 1 aromatic carbocycles. The molecule has 2 aliphatic heterocycles. The Morgan fingerprint density at radius 2 is 1.60 bits per heavy atom. The molecular weight excluding hydrogens is 248 g/mol. The van der Waals surface area contributed by atoms with Crippen molar-refractivity contribution in [2.75, 3.05) is 26.2 Å². The molecule has 1 N–H and O–H groups in total. The summed E-state index contributed by atoms with van der Waals surface area (Å²) < 4.78 is 0. The number of hydrogen-bond donors (Lipinski definition) is 1. The first-order chi connectivity index (χ1) is 9.79. The van der Waals surface area contributed by atoms with Crippen LogP contribution in [0.5, 0.6) is 0 Å². The SMILES string of the molecule is OC1C2CN(Cc3ccccc3)CC1CN(C1CC1)C2. The fourth-order valence-electron chi connectivity index (χ4n) is 4.06. The maximum atomic E-state index is 10.4. The van der Waals surface area contributed by atoms with E-state index in [0.717, 1.165) is 38.8 Å². The Hall–Kier alpha value is -0.900. The van der Waals surface area contributed by atoms with E-state index in [1.54, 1.807) is 0 Å². The van der Waals surface area contributed by atoms with Crippen LogP contribution in [0.25, 0.3) is 0 Å². The van der Waals surface area contributed by atoms with Crippen LogP contribution in [-0.2, 0) is 6.54 Å². The molecule has 0 spiro atoms. The van der Waals surface area contributed by atoms with Gasteiger partial charge in [0.25, 0.3) is 0 Å². The van der Waals surface area contributed by atoms with Crippen LogP contribution in [0.2, 0.25) is 0 Å². The molecule has 1 saturated carbocycles. The number of rotatable bonds is 3. The second-order valence-electron chi connectivity index (χ2n) is 6.88. The predicted molar refractivity (Wildman–Crippen MR) is 79.3 cm³/mol. The molecule has 0 radical (unpaired) electrons. The third-order valence-electron chi connectivity index (χ3n) is 5.20. The lowest BCUT2D eigenvalue weighted by atomic mass is 9.81. The molecule has 1 aromatic rings. The highest BCUT2D eigenvalue weighted by atomic mass is 16.3. The summed E-state index contributed by atoms with van der Waals surface area (Å²) in [4.78, 5) is 5.18. The van der Waals surface area contributed by atoms with Crippen LogP contribution in [-0.4, -0.2) is 53.2 Å². The summed E-state index contributed by atoms with van der Waals surface area (Å²) in [5.41, 5.74) is 1.39. The maximum Gasteiger partial charge on any atom is 0.0645 e. The first kappa shape index (κ1) is 12.8. The van der Waals surface area contributed by atoms with Crippen LogP contribution in [0, 0.1) is 11.8 Å². The number of aliphatic hydroxyl groups is 1. The molecule has 2 unspecified atom stereocenters. The molecule has 0 amide bonds. The maximum absolute atomic E-state index is 10.4. The molecule has 2 bridgehead atoms. The molecule has 108 valence electrons. The minimum atomic E-state index is -0.0722. The average molecular weight is 272 g/mol. The summed E-state index contributed by atoms with van der Waals surface area (Å²) in [6, 6.07) is 11.6. The molecule has 3 nitrogen and oxygen atoms in total. The highest BCUT2D eigenvalue weighted by Gasteiger charge is 2.44.